The van der Waals surface area contributed by atoms with E-state index < -0.39 is 0 Å². The lowest BCUT2D eigenvalue weighted by atomic mass is 10.0. The van der Waals surface area contributed by atoms with Crippen LogP contribution in [0.3, 0.4) is 0 Å². The van der Waals surface area contributed by atoms with Gasteiger partial charge in [-0.2, -0.15) is 0 Å². The van der Waals surface area contributed by atoms with Gasteiger partial charge in [0.05, 0.1) is 0 Å². The number of hydrogen-bond donors (Lipinski definition) is 1. The van der Waals surface area contributed by atoms with Crippen molar-refractivity contribution in [2.45, 2.75) is 58.4 Å². The molecule has 1 nitrogen and oxygen atoms in total. The van der Waals surface area contributed by atoms with Gasteiger partial charge in [-0.25, -0.2) is 0 Å². The lowest BCUT2D eigenvalue weighted by molar-refractivity contribution is 0.607. The zero-order valence-corrected chi connectivity index (χ0v) is 12.7. The van der Waals surface area contributed by atoms with Crippen LogP contribution in [0, 0.1) is 0 Å². The van der Waals surface area contributed by atoms with E-state index in [1.807, 2.05) is 7.05 Å². The van der Waals surface area contributed by atoms with E-state index in [4.69, 9.17) is 0 Å². The van der Waals surface area contributed by atoms with Crippen molar-refractivity contribution in [3.63, 3.8) is 0 Å². The molecule has 1 aromatic carbocycles. The average Bonchev–Trinajstić information content (AvgIpc) is 2.36. The summed E-state index contributed by atoms with van der Waals surface area (Å²) in [4.78, 5) is 0. The van der Waals surface area contributed by atoms with Crippen LogP contribution >= 0.6 is 12.4 Å². The van der Waals surface area contributed by atoms with Crippen LogP contribution in [0.4, 0.5) is 0 Å². The lowest BCUT2D eigenvalue weighted by Crippen LogP contribution is -2.04. The summed E-state index contributed by atoms with van der Waals surface area (Å²) < 4.78 is 0. The Balaban J connectivity index is 0.00000289. The van der Waals surface area contributed by atoms with E-state index in [0.717, 1.165) is 6.54 Å². The molecule has 0 aromatic heterocycles. The van der Waals surface area contributed by atoms with E-state index in [9.17, 15) is 0 Å². The van der Waals surface area contributed by atoms with Crippen molar-refractivity contribution in [1.29, 1.82) is 0 Å². The van der Waals surface area contributed by atoms with Crippen LogP contribution in [-0.4, -0.2) is 7.05 Å². The quantitative estimate of drug-likeness (QED) is 0.639. The number of halogens is 1. The smallest absolute Gasteiger partial charge is 0.0202 e. The zero-order valence-electron chi connectivity index (χ0n) is 11.9. The van der Waals surface area contributed by atoms with Gasteiger partial charge in [-0.15, -0.1) is 12.4 Å². The molecule has 18 heavy (non-hydrogen) atoms. The second-order valence-corrected chi connectivity index (χ2v) is 4.86. The van der Waals surface area contributed by atoms with Gasteiger partial charge in [0, 0.05) is 6.54 Å². The van der Waals surface area contributed by atoms with Crippen LogP contribution in [0.15, 0.2) is 24.3 Å². The molecule has 0 saturated heterocycles. The summed E-state index contributed by atoms with van der Waals surface area (Å²) in [5.41, 5.74) is 2.86. The van der Waals surface area contributed by atoms with Crippen molar-refractivity contribution in [3.8, 4) is 0 Å². The number of rotatable bonds is 9. The maximum absolute atomic E-state index is 3.18. The van der Waals surface area contributed by atoms with E-state index in [-0.39, 0.29) is 12.4 Å². The second kappa shape index (κ2) is 11.6. The molecule has 0 unspecified atom stereocenters. The van der Waals surface area contributed by atoms with Crippen molar-refractivity contribution >= 4 is 12.4 Å². The van der Waals surface area contributed by atoms with E-state index in [0.29, 0.717) is 0 Å². The lowest BCUT2D eigenvalue weighted by Gasteiger charge is -2.04. The molecule has 0 spiro atoms. The van der Waals surface area contributed by atoms with E-state index in [2.05, 4.69) is 36.5 Å². The summed E-state index contributed by atoms with van der Waals surface area (Å²) in [5.74, 6) is 0. The van der Waals surface area contributed by atoms with Gasteiger partial charge < -0.3 is 5.32 Å². The Hall–Kier alpha value is -0.530. The molecule has 0 bridgehead atoms. The predicted octanol–water partition coefficient (Wildman–Crippen LogP) is 4.73. The molecule has 0 heterocycles. The zero-order chi connectivity index (χ0) is 12.3. The van der Waals surface area contributed by atoms with E-state index in [1.165, 1.54) is 56.1 Å². The number of nitrogens with one attached hydrogen (secondary N) is 1. The first kappa shape index (κ1) is 17.5. The molecule has 0 atom stereocenters. The molecular weight excluding hydrogens is 242 g/mol. The van der Waals surface area contributed by atoms with Crippen LogP contribution in [-0.2, 0) is 13.0 Å². The van der Waals surface area contributed by atoms with Crippen molar-refractivity contribution in [2.24, 2.45) is 0 Å². The molecule has 0 fully saturated rings. The van der Waals surface area contributed by atoms with Crippen molar-refractivity contribution in [3.05, 3.63) is 35.4 Å². The Morgan fingerprint density at radius 3 is 2.00 bits per heavy atom. The largest absolute Gasteiger partial charge is 0.316 e. The SMILES string of the molecule is CCCCCCCCc1ccc(CNC)cc1.Cl. The summed E-state index contributed by atoms with van der Waals surface area (Å²) in [6, 6.07) is 9.03. The fourth-order valence-electron chi connectivity index (χ4n) is 2.14. The van der Waals surface area contributed by atoms with Gasteiger partial charge in [0.1, 0.15) is 0 Å². The fraction of sp³-hybridized carbons (Fsp3) is 0.625. The first-order chi connectivity index (χ1) is 8.36. The summed E-state index contributed by atoms with van der Waals surface area (Å²) >= 11 is 0. The Bertz CT molecular complexity index is 282. The maximum Gasteiger partial charge on any atom is 0.0202 e. The van der Waals surface area contributed by atoms with Gasteiger partial charge in [0.15, 0.2) is 0 Å². The van der Waals surface area contributed by atoms with Gasteiger partial charge in [-0.3, -0.25) is 0 Å². The van der Waals surface area contributed by atoms with E-state index >= 15 is 0 Å². The second-order valence-electron chi connectivity index (χ2n) is 4.86. The number of hydrogen-bond acceptors (Lipinski definition) is 1. The summed E-state index contributed by atoms with van der Waals surface area (Å²) in [5, 5.41) is 3.18. The highest BCUT2D eigenvalue weighted by molar-refractivity contribution is 5.85. The highest BCUT2D eigenvalue weighted by atomic mass is 35.5. The topological polar surface area (TPSA) is 12.0 Å². The molecule has 0 amide bonds. The molecule has 1 aromatic rings. The maximum atomic E-state index is 3.18. The Kier molecular flexibility index (Phi) is 11.2. The minimum Gasteiger partial charge on any atom is -0.316 e. The van der Waals surface area contributed by atoms with Gasteiger partial charge in [0.2, 0.25) is 0 Å². The molecule has 0 aliphatic carbocycles. The summed E-state index contributed by atoms with van der Waals surface area (Å²) in [7, 11) is 1.99. The normalized spacial score (nSPS) is 10.1. The fourth-order valence-corrected chi connectivity index (χ4v) is 2.14. The molecule has 0 saturated carbocycles. The molecular formula is C16H28ClN. The molecule has 0 radical (unpaired) electrons. The number of aryl methyl sites for hydroxylation is 1. The van der Waals surface area contributed by atoms with Crippen LogP contribution in [0.5, 0.6) is 0 Å². The Labute approximate surface area is 119 Å². The number of benzene rings is 1. The van der Waals surface area contributed by atoms with Crippen molar-refractivity contribution < 1.29 is 0 Å². The molecule has 1 rings (SSSR count). The van der Waals surface area contributed by atoms with Crippen molar-refractivity contribution in [1.82, 2.24) is 5.32 Å². The van der Waals surface area contributed by atoms with Gasteiger partial charge in [-0.1, -0.05) is 63.3 Å². The molecule has 1 N–H and O–H groups in total. The molecule has 0 aliphatic heterocycles. The summed E-state index contributed by atoms with van der Waals surface area (Å²) in [6.45, 7) is 3.24. The van der Waals surface area contributed by atoms with Crippen molar-refractivity contribution in [2.75, 3.05) is 7.05 Å². The first-order valence-corrected chi connectivity index (χ1v) is 7.09. The van der Waals surface area contributed by atoms with Gasteiger partial charge in [0.25, 0.3) is 0 Å². The standard InChI is InChI=1S/C16H27N.ClH/c1-3-4-5-6-7-8-9-15-10-12-16(13-11-15)14-17-2;/h10-13,17H,3-9,14H2,1-2H3;1H. The molecule has 104 valence electrons. The average molecular weight is 270 g/mol. The van der Waals surface area contributed by atoms with E-state index in [1.54, 1.807) is 0 Å². The number of unbranched alkanes of at least 4 members (excludes halogenated alkanes) is 5. The van der Waals surface area contributed by atoms with Gasteiger partial charge >= 0.3 is 0 Å². The first-order valence-electron chi connectivity index (χ1n) is 7.09. The summed E-state index contributed by atoms with van der Waals surface area (Å²) in [6.07, 6.45) is 9.54. The molecule has 2 heteroatoms. The Morgan fingerprint density at radius 2 is 1.39 bits per heavy atom. The molecule has 0 aliphatic rings. The minimum atomic E-state index is 0. The third kappa shape index (κ3) is 7.73. The van der Waals surface area contributed by atoms with Crippen LogP contribution in [0.2, 0.25) is 0 Å². The monoisotopic (exact) mass is 269 g/mol. The van der Waals surface area contributed by atoms with Gasteiger partial charge in [-0.05, 0) is 31.0 Å². The van der Waals surface area contributed by atoms with Crippen LogP contribution < -0.4 is 5.32 Å². The highest BCUT2D eigenvalue weighted by Crippen LogP contribution is 2.11. The van der Waals surface area contributed by atoms with Crippen LogP contribution in [0.25, 0.3) is 0 Å². The van der Waals surface area contributed by atoms with Crippen LogP contribution in [0.1, 0.15) is 56.6 Å². The Morgan fingerprint density at radius 1 is 0.833 bits per heavy atom. The minimum absolute atomic E-state index is 0. The predicted molar refractivity (Wildman–Crippen MR) is 83.5 cm³/mol. The highest BCUT2D eigenvalue weighted by Gasteiger charge is 1.95. The third-order valence-corrected chi connectivity index (χ3v) is 3.22. The third-order valence-electron chi connectivity index (χ3n) is 3.22.